The molecule has 0 spiro atoms. The molecule has 0 atom stereocenters. The van der Waals surface area contributed by atoms with Crippen LogP contribution in [0.4, 0.5) is 10.1 Å². The van der Waals surface area contributed by atoms with Crippen LogP contribution in [0.15, 0.2) is 34.4 Å². The molecule has 102 valence electrons. The molecule has 0 bridgehead atoms. The van der Waals surface area contributed by atoms with Gasteiger partial charge in [-0.05, 0) is 41.1 Å². The van der Waals surface area contributed by atoms with E-state index in [9.17, 15) is 14.0 Å². The van der Waals surface area contributed by atoms with Gasteiger partial charge in [-0.3, -0.25) is 0 Å². The Morgan fingerprint density at radius 2 is 2.21 bits per heavy atom. The van der Waals surface area contributed by atoms with Crippen molar-refractivity contribution in [3.8, 4) is 0 Å². The Balaban J connectivity index is 2.89. The molecule has 0 unspecified atom stereocenters. The average molecular weight is 332 g/mol. The number of rotatable bonds is 5. The van der Waals surface area contributed by atoms with E-state index in [-0.39, 0.29) is 11.1 Å². The largest absolute Gasteiger partial charge is 0.477 e. The Kier molecular flexibility index (Phi) is 5.50. The summed E-state index contributed by atoms with van der Waals surface area (Å²) in [5.74, 6) is -2.80. The summed E-state index contributed by atoms with van der Waals surface area (Å²) in [7, 11) is 0. The first-order chi connectivity index (χ1) is 8.95. The molecule has 2 N–H and O–H groups in total. The Hall–Kier alpha value is -1.89. The fraction of sp³-hybridized carbons (Fsp3) is 0.167. The summed E-state index contributed by atoms with van der Waals surface area (Å²) in [6.07, 6.45) is 1.00. The third-order valence-electron chi connectivity index (χ3n) is 2.03. The van der Waals surface area contributed by atoms with Crippen LogP contribution < -0.4 is 5.32 Å². The van der Waals surface area contributed by atoms with Crippen LogP contribution in [0, 0.1) is 5.82 Å². The summed E-state index contributed by atoms with van der Waals surface area (Å²) in [5, 5.41) is 11.5. The fourth-order valence-electron chi connectivity index (χ4n) is 1.16. The molecule has 1 aromatic rings. The van der Waals surface area contributed by atoms with Crippen molar-refractivity contribution in [2.45, 2.75) is 6.92 Å². The number of anilines is 1. The normalized spacial score (nSPS) is 11.0. The Bertz CT molecular complexity index is 530. The molecule has 1 rings (SSSR count). The highest BCUT2D eigenvalue weighted by Crippen LogP contribution is 2.20. The predicted octanol–water partition coefficient (Wildman–Crippen LogP) is 2.53. The highest BCUT2D eigenvalue weighted by molar-refractivity contribution is 9.10. The number of esters is 1. The highest BCUT2D eigenvalue weighted by Gasteiger charge is 2.18. The summed E-state index contributed by atoms with van der Waals surface area (Å²) in [6.45, 7) is 1.65. The van der Waals surface area contributed by atoms with Gasteiger partial charge < -0.3 is 15.2 Å². The van der Waals surface area contributed by atoms with E-state index < -0.39 is 23.3 Å². The lowest BCUT2D eigenvalue weighted by atomic mass is 10.2. The number of carbonyl (C=O) groups excluding carboxylic acids is 1. The fourth-order valence-corrected chi connectivity index (χ4v) is 1.54. The number of hydrogen-bond donors (Lipinski definition) is 2. The molecule has 7 heteroatoms. The van der Waals surface area contributed by atoms with Crippen LogP contribution in [0.3, 0.4) is 0 Å². The van der Waals surface area contributed by atoms with Crippen LogP contribution in [-0.2, 0) is 14.3 Å². The van der Waals surface area contributed by atoms with Gasteiger partial charge in [-0.15, -0.1) is 0 Å². The van der Waals surface area contributed by atoms with Gasteiger partial charge in [0.05, 0.1) is 11.1 Å². The van der Waals surface area contributed by atoms with Crippen molar-refractivity contribution in [1.82, 2.24) is 0 Å². The molecule has 5 nitrogen and oxygen atoms in total. The smallest absolute Gasteiger partial charge is 0.347 e. The van der Waals surface area contributed by atoms with Crippen molar-refractivity contribution < 1.29 is 23.8 Å². The Morgan fingerprint density at radius 3 is 2.74 bits per heavy atom. The van der Waals surface area contributed by atoms with Crippen molar-refractivity contribution in [2.75, 3.05) is 11.9 Å². The van der Waals surface area contributed by atoms with Gasteiger partial charge in [-0.1, -0.05) is 0 Å². The SMILES string of the molecule is CCOC(=O)/C(=C\Nc1ccc(F)c(Br)c1)C(=O)O. The maximum Gasteiger partial charge on any atom is 0.347 e. The van der Waals surface area contributed by atoms with E-state index in [1.165, 1.54) is 18.2 Å². The quantitative estimate of drug-likeness (QED) is 0.375. The minimum atomic E-state index is -1.41. The number of carbonyl (C=O) groups is 2. The molecule has 0 fully saturated rings. The summed E-state index contributed by atoms with van der Waals surface area (Å²) in [6, 6.07) is 4.02. The van der Waals surface area contributed by atoms with E-state index in [1.54, 1.807) is 6.92 Å². The number of nitrogens with one attached hydrogen (secondary N) is 1. The molecule has 0 amide bonds. The molecule has 0 aliphatic heterocycles. The van der Waals surface area contributed by atoms with Gasteiger partial charge in [0.2, 0.25) is 0 Å². The van der Waals surface area contributed by atoms with Crippen molar-refractivity contribution in [1.29, 1.82) is 0 Å². The number of aliphatic carboxylic acids is 1. The molecule has 0 aliphatic carbocycles. The molecule has 0 heterocycles. The van der Waals surface area contributed by atoms with Gasteiger partial charge in [0.25, 0.3) is 0 Å². The van der Waals surface area contributed by atoms with Crippen LogP contribution in [0.2, 0.25) is 0 Å². The summed E-state index contributed by atoms with van der Waals surface area (Å²) in [5.41, 5.74) is -0.112. The van der Waals surface area contributed by atoms with E-state index in [0.29, 0.717) is 5.69 Å². The zero-order valence-corrected chi connectivity index (χ0v) is 11.5. The second-order valence-corrected chi connectivity index (χ2v) is 4.21. The molecule has 0 radical (unpaired) electrons. The van der Waals surface area contributed by atoms with Gasteiger partial charge in [0, 0.05) is 11.9 Å². The first-order valence-corrected chi connectivity index (χ1v) is 6.07. The third-order valence-corrected chi connectivity index (χ3v) is 2.64. The number of carboxylic acids is 1. The second kappa shape index (κ2) is 6.89. The van der Waals surface area contributed by atoms with E-state index in [1.807, 2.05) is 0 Å². The Morgan fingerprint density at radius 1 is 1.53 bits per heavy atom. The van der Waals surface area contributed by atoms with E-state index in [4.69, 9.17) is 5.11 Å². The van der Waals surface area contributed by atoms with Crippen LogP contribution >= 0.6 is 15.9 Å². The van der Waals surface area contributed by atoms with Crippen LogP contribution in [-0.4, -0.2) is 23.7 Å². The minimum Gasteiger partial charge on any atom is -0.477 e. The van der Waals surface area contributed by atoms with E-state index >= 15 is 0 Å². The molecule has 0 aliphatic rings. The molecule has 0 aromatic heterocycles. The highest BCUT2D eigenvalue weighted by atomic mass is 79.9. The minimum absolute atomic E-state index is 0.0750. The number of halogens is 2. The van der Waals surface area contributed by atoms with E-state index in [0.717, 1.165) is 6.20 Å². The van der Waals surface area contributed by atoms with Crippen molar-refractivity contribution >= 4 is 33.6 Å². The summed E-state index contributed by atoms with van der Waals surface area (Å²) >= 11 is 2.99. The van der Waals surface area contributed by atoms with Crippen molar-refractivity contribution in [3.63, 3.8) is 0 Å². The monoisotopic (exact) mass is 331 g/mol. The van der Waals surface area contributed by atoms with Crippen molar-refractivity contribution in [2.24, 2.45) is 0 Å². The number of ether oxygens (including phenoxy) is 1. The van der Waals surface area contributed by atoms with Gasteiger partial charge in [0.1, 0.15) is 5.82 Å². The first-order valence-electron chi connectivity index (χ1n) is 5.28. The van der Waals surface area contributed by atoms with Gasteiger partial charge in [0.15, 0.2) is 5.57 Å². The zero-order chi connectivity index (χ0) is 14.4. The molecule has 19 heavy (non-hydrogen) atoms. The molecular formula is C12H11BrFNO4. The number of carboxylic acid groups (broad SMARTS) is 1. The predicted molar refractivity (Wildman–Crippen MR) is 70.1 cm³/mol. The van der Waals surface area contributed by atoms with Gasteiger partial charge >= 0.3 is 11.9 Å². The lowest BCUT2D eigenvalue weighted by Crippen LogP contribution is -2.16. The molecule has 0 saturated carbocycles. The van der Waals surface area contributed by atoms with Crippen LogP contribution in [0.1, 0.15) is 6.92 Å². The average Bonchev–Trinajstić information content (AvgIpc) is 2.33. The van der Waals surface area contributed by atoms with E-state index in [2.05, 4.69) is 26.0 Å². The van der Waals surface area contributed by atoms with Crippen LogP contribution in [0.25, 0.3) is 0 Å². The van der Waals surface area contributed by atoms with Crippen LogP contribution in [0.5, 0.6) is 0 Å². The Labute approximate surface area is 117 Å². The maximum atomic E-state index is 13.0. The van der Waals surface area contributed by atoms with Crippen molar-refractivity contribution in [3.05, 3.63) is 40.3 Å². The number of hydrogen-bond acceptors (Lipinski definition) is 4. The molecular weight excluding hydrogens is 321 g/mol. The molecule has 1 aromatic carbocycles. The third kappa shape index (κ3) is 4.36. The van der Waals surface area contributed by atoms with Gasteiger partial charge in [-0.2, -0.15) is 0 Å². The zero-order valence-electron chi connectivity index (χ0n) is 9.94. The summed E-state index contributed by atoms with van der Waals surface area (Å²) in [4.78, 5) is 22.2. The topological polar surface area (TPSA) is 75.6 Å². The first kappa shape index (κ1) is 15.2. The lowest BCUT2D eigenvalue weighted by molar-refractivity contribution is -0.143. The maximum absolute atomic E-state index is 13.0. The summed E-state index contributed by atoms with van der Waals surface area (Å²) < 4.78 is 17.8. The lowest BCUT2D eigenvalue weighted by Gasteiger charge is -2.05. The second-order valence-electron chi connectivity index (χ2n) is 3.36. The van der Waals surface area contributed by atoms with Gasteiger partial charge in [-0.25, -0.2) is 14.0 Å². The molecule has 0 saturated heterocycles. The number of benzene rings is 1. The standard InChI is InChI=1S/C12H11BrFNO4/c1-2-19-12(18)8(11(16)17)6-15-7-3-4-10(14)9(13)5-7/h3-6,15H,2H2,1H3,(H,16,17)/b8-6-.